The van der Waals surface area contributed by atoms with Gasteiger partial charge in [-0.1, -0.05) is 13.3 Å². The standard InChI is InChI=1S/C14H18BrN3O3/c1-2-6-14(7-3-8-16-14)13(19)17-10-4-5-11(15)12(9-10)18(20)21/h4-5,9,16H,2-3,6-8H2,1H3,(H,17,19). The van der Waals surface area contributed by atoms with Gasteiger partial charge in [-0.15, -0.1) is 0 Å². The van der Waals surface area contributed by atoms with E-state index in [2.05, 4.69) is 26.6 Å². The van der Waals surface area contributed by atoms with Gasteiger partial charge in [-0.25, -0.2) is 0 Å². The molecule has 1 aliphatic heterocycles. The summed E-state index contributed by atoms with van der Waals surface area (Å²) in [6.07, 6.45) is 3.43. The largest absolute Gasteiger partial charge is 0.324 e. The molecule has 1 unspecified atom stereocenters. The molecule has 6 nitrogen and oxygen atoms in total. The second kappa shape index (κ2) is 6.53. The Morgan fingerprint density at radius 1 is 1.57 bits per heavy atom. The minimum absolute atomic E-state index is 0.0586. The minimum Gasteiger partial charge on any atom is -0.324 e. The molecule has 0 saturated carbocycles. The Hall–Kier alpha value is -1.47. The number of nitro groups is 1. The van der Waals surface area contributed by atoms with Gasteiger partial charge in [0.15, 0.2) is 0 Å². The van der Waals surface area contributed by atoms with Crippen LogP contribution in [0, 0.1) is 10.1 Å². The molecule has 21 heavy (non-hydrogen) atoms. The van der Waals surface area contributed by atoms with Crippen LogP contribution in [0.25, 0.3) is 0 Å². The number of nitrogens with zero attached hydrogens (tertiary/aromatic N) is 1. The zero-order valence-corrected chi connectivity index (χ0v) is 13.4. The third kappa shape index (κ3) is 3.41. The Bertz CT molecular complexity index is 556. The number of rotatable bonds is 5. The molecule has 0 aliphatic carbocycles. The number of hydrogen-bond acceptors (Lipinski definition) is 4. The summed E-state index contributed by atoms with van der Waals surface area (Å²) < 4.78 is 0.396. The highest BCUT2D eigenvalue weighted by atomic mass is 79.9. The molecule has 1 aromatic rings. The van der Waals surface area contributed by atoms with E-state index in [1.54, 1.807) is 12.1 Å². The zero-order chi connectivity index (χ0) is 15.5. The summed E-state index contributed by atoms with van der Waals surface area (Å²) in [6.45, 7) is 2.87. The van der Waals surface area contributed by atoms with E-state index in [9.17, 15) is 14.9 Å². The van der Waals surface area contributed by atoms with E-state index in [1.807, 2.05) is 6.92 Å². The first-order valence-corrected chi connectivity index (χ1v) is 7.78. The summed E-state index contributed by atoms with van der Waals surface area (Å²) in [7, 11) is 0. The van der Waals surface area contributed by atoms with Gasteiger partial charge < -0.3 is 10.6 Å². The maximum atomic E-state index is 12.5. The van der Waals surface area contributed by atoms with Crippen molar-refractivity contribution in [3.63, 3.8) is 0 Å². The van der Waals surface area contributed by atoms with Crippen molar-refractivity contribution in [3.8, 4) is 0 Å². The van der Waals surface area contributed by atoms with Gasteiger partial charge in [-0.05, 0) is 53.9 Å². The molecule has 1 fully saturated rings. The van der Waals surface area contributed by atoms with Crippen LogP contribution in [0.15, 0.2) is 22.7 Å². The van der Waals surface area contributed by atoms with E-state index in [4.69, 9.17) is 0 Å². The van der Waals surface area contributed by atoms with E-state index < -0.39 is 10.5 Å². The summed E-state index contributed by atoms with van der Waals surface area (Å²) in [6, 6.07) is 4.60. The van der Waals surface area contributed by atoms with Gasteiger partial charge in [0.1, 0.15) is 0 Å². The highest BCUT2D eigenvalue weighted by Gasteiger charge is 2.39. The van der Waals surface area contributed by atoms with Gasteiger partial charge >= 0.3 is 0 Å². The van der Waals surface area contributed by atoms with E-state index in [1.165, 1.54) is 6.07 Å². The Morgan fingerprint density at radius 2 is 2.33 bits per heavy atom. The zero-order valence-electron chi connectivity index (χ0n) is 11.8. The number of nitro benzene ring substituents is 1. The molecule has 2 N–H and O–H groups in total. The van der Waals surface area contributed by atoms with Gasteiger partial charge in [0.25, 0.3) is 5.69 Å². The fourth-order valence-corrected chi connectivity index (χ4v) is 3.13. The molecule has 114 valence electrons. The second-order valence-corrected chi connectivity index (χ2v) is 6.09. The Kier molecular flexibility index (Phi) is 4.95. The predicted molar refractivity (Wildman–Crippen MR) is 84.3 cm³/mol. The molecule has 0 bridgehead atoms. The first-order chi connectivity index (χ1) is 9.98. The molecule has 1 heterocycles. The van der Waals surface area contributed by atoms with Crippen molar-refractivity contribution in [2.24, 2.45) is 0 Å². The average Bonchev–Trinajstić information content (AvgIpc) is 2.91. The molecule has 0 aromatic heterocycles. The van der Waals surface area contributed by atoms with Gasteiger partial charge in [0.2, 0.25) is 5.91 Å². The highest BCUT2D eigenvalue weighted by molar-refractivity contribution is 9.10. The van der Waals surface area contributed by atoms with E-state index in [0.717, 1.165) is 32.2 Å². The van der Waals surface area contributed by atoms with Crippen molar-refractivity contribution in [2.45, 2.75) is 38.1 Å². The normalized spacial score (nSPS) is 21.2. The smallest absolute Gasteiger partial charge is 0.285 e. The van der Waals surface area contributed by atoms with Crippen LogP contribution in [0.1, 0.15) is 32.6 Å². The molecule has 1 saturated heterocycles. The lowest BCUT2D eigenvalue weighted by molar-refractivity contribution is -0.385. The summed E-state index contributed by atoms with van der Waals surface area (Å²) in [5.74, 6) is -0.113. The lowest BCUT2D eigenvalue weighted by atomic mass is 9.91. The number of carbonyl (C=O) groups excluding carboxylic acids is 1. The number of nitrogens with one attached hydrogen (secondary N) is 2. The Morgan fingerprint density at radius 3 is 2.90 bits per heavy atom. The fraction of sp³-hybridized carbons (Fsp3) is 0.500. The minimum atomic E-state index is -0.545. The highest BCUT2D eigenvalue weighted by Crippen LogP contribution is 2.30. The third-order valence-electron chi connectivity index (χ3n) is 3.76. The van der Waals surface area contributed by atoms with Crippen LogP contribution < -0.4 is 10.6 Å². The lowest BCUT2D eigenvalue weighted by Crippen LogP contribution is -2.50. The van der Waals surface area contributed by atoms with E-state index in [0.29, 0.717) is 10.2 Å². The van der Waals surface area contributed by atoms with Crippen molar-refractivity contribution in [1.29, 1.82) is 0 Å². The van der Waals surface area contributed by atoms with Crippen LogP contribution in [0.4, 0.5) is 11.4 Å². The molecule has 0 spiro atoms. The third-order valence-corrected chi connectivity index (χ3v) is 4.43. The van der Waals surface area contributed by atoms with Gasteiger partial charge in [0.05, 0.1) is 14.9 Å². The van der Waals surface area contributed by atoms with Crippen molar-refractivity contribution in [1.82, 2.24) is 5.32 Å². The molecule has 1 aromatic carbocycles. The quantitative estimate of drug-likeness (QED) is 0.627. The van der Waals surface area contributed by atoms with Gasteiger partial charge in [0, 0.05) is 11.8 Å². The van der Waals surface area contributed by atoms with Crippen molar-refractivity contribution in [2.75, 3.05) is 11.9 Å². The van der Waals surface area contributed by atoms with Crippen LogP contribution in [0.2, 0.25) is 0 Å². The maximum Gasteiger partial charge on any atom is 0.285 e. The molecule has 2 rings (SSSR count). The summed E-state index contributed by atoms with van der Waals surface area (Å²) in [5.41, 5.74) is -0.160. The number of anilines is 1. The van der Waals surface area contributed by atoms with Crippen LogP contribution in [-0.4, -0.2) is 22.9 Å². The van der Waals surface area contributed by atoms with Crippen LogP contribution >= 0.6 is 15.9 Å². The van der Waals surface area contributed by atoms with E-state index in [-0.39, 0.29) is 11.6 Å². The predicted octanol–water partition coefficient (Wildman–Crippen LogP) is 3.22. The van der Waals surface area contributed by atoms with E-state index >= 15 is 0 Å². The van der Waals surface area contributed by atoms with Gasteiger partial charge in [-0.3, -0.25) is 14.9 Å². The SMILES string of the molecule is CCCC1(C(=O)Nc2ccc(Br)c([N+](=O)[O-])c2)CCCN1. The average molecular weight is 356 g/mol. The first-order valence-electron chi connectivity index (χ1n) is 6.99. The molecule has 1 amide bonds. The van der Waals surface area contributed by atoms with Crippen LogP contribution in [-0.2, 0) is 4.79 Å². The second-order valence-electron chi connectivity index (χ2n) is 5.24. The molecule has 1 aliphatic rings. The molecular formula is C14H18BrN3O3. The number of hydrogen-bond donors (Lipinski definition) is 2. The number of halogens is 1. The van der Waals surface area contributed by atoms with Crippen molar-refractivity contribution >= 4 is 33.2 Å². The molecule has 0 radical (unpaired) electrons. The topological polar surface area (TPSA) is 84.3 Å². The van der Waals surface area contributed by atoms with Crippen LogP contribution in [0.5, 0.6) is 0 Å². The number of amides is 1. The van der Waals surface area contributed by atoms with Crippen molar-refractivity contribution in [3.05, 3.63) is 32.8 Å². The number of carbonyl (C=O) groups is 1. The monoisotopic (exact) mass is 355 g/mol. The molecule has 7 heteroatoms. The van der Waals surface area contributed by atoms with Crippen molar-refractivity contribution < 1.29 is 9.72 Å². The summed E-state index contributed by atoms with van der Waals surface area (Å²) >= 11 is 3.13. The Labute approximate surface area is 131 Å². The summed E-state index contributed by atoms with van der Waals surface area (Å²) in [4.78, 5) is 23.0. The van der Waals surface area contributed by atoms with Gasteiger partial charge in [-0.2, -0.15) is 0 Å². The molecule has 1 atom stereocenters. The molecular weight excluding hydrogens is 338 g/mol. The summed E-state index contributed by atoms with van der Waals surface area (Å²) in [5, 5.41) is 17.0. The fourth-order valence-electron chi connectivity index (χ4n) is 2.73. The Balaban J connectivity index is 2.19. The number of benzene rings is 1. The lowest BCUT2D eigenvalue weighted by Gasteiger charge is -2.27. The first kappa shape index (κ1) is 15.9. The maximum absolute atomic E-state index is 12.5. The van der Waals surface area contributed by atoms with Crippen LogP contribution in [0.3, 0.4) is 0 Å².